The van der Waals surface area contributed by atoms with Crippen LogP contribution >= 0.6 is 11.8 Å². The zero-order valence-corrected chi connectivity index (χ0v) is 5.83. The first-order chi connectivity index (χ1) is 3.93. The van der Waals surface area contributed by atoms with Crippen LogP contribution in [0.1, 0.15) is 0 Å². The van der Waals surface area contributed by atoms with Crippen molar-refractivity contribution in [2.24, 2.45) is 0 Å². The van der Waals surface area contributed by atoms with Crippen molar-refractivity contribution in [3.8, 4) is 0 Å². The number of hydrogen-bond donors (Lipinski definition) is 1. The predicted octanol–water partition coefficient (Wildman–Crippen LogP) is 0.295. The van der Waals surface area contributed by atoms with Crippen molar-refractivity contribution in [1.82, 2.24) is 5.32 Å². The Hall–Kier alpha value is 0.270. The molecule has 0 radical (unpaired) electrons. The monoisotopic (exact) mass is 133 g/mol. The average molecular weight is 133 g/mol. The second-order valence-corrected chi connectivity index (χ2v) is 3.01. The second kappa shape index (κ2) is 3.33. The molecule has 0 aromatic rings. The van der Waals surface area contributed by atoms with Crippen molar-refractivity contribution < 1.29 is 4.74 Å². The van der Waals surface area contributed by atoms with Crippen LogP contribution in [0.3, 0.4) is 0 Å². The van der Waals surface area contributed by atoms with Gasteiger partial charge < -0.3 is 10.1 Å². The van der Waals surface area contributed by atoms with Gasteiger partial charge >= 0.3 is 0 Å². The molecule has 1 aliphatic heterocycles. The highest BCUT2D eigenvalue weighted by molar-refractivity contribution is 7.99. The molecule has 0 aromatic heterocycles. The van der Waals surface area contributed by atoms with Gasteiger partial charge in [-0.2, -0.15) is 0 Å². The molecule has 0 aliphatic carbocycles. The standard InChI is InChI=1S/C5H11NOS/c1-7-5-4-6-2-3-8-5/h5-6H,2-4H2,1H3. The number of thioether (sulfide) groups is 1. The molecular weight excluding hydrogens is 122 g/mol. The van der Waals surface area contributed by atoms with Gasteiger partial charge in [0.05, 0.1) is 0 Å². The van der Waals surface area contributed by atoms with E-state index in [9.17, 15) is 0 Å². The predicted molar refractivity (Wildman–Crippen MR) is 36.1 cm³/mol. The van der Waals surface area contributed by atoms with Gasteiger partial charge in [0.15, 0.2) is 0 Å². The van der Waals surface area contributed by atoms with Crippen LogP contribution in [-0.4, -0.2) is 31.4 Å². The molecule has 1 N–H and O–H groups in total. The number of nitrogens with one attached hydrogen (secondary N) is 1. The summed E-state index contributed by atoms with van der Waals surface area (Å²) in [5, 5.41) is 3.24. The first-order valence-electron chi connectivity index (χ1n) is 2.78. The molecule has 2 nitrogen and oxygen atoms in total. The zero-order chi connectivity index (χ0) is 5.82. The first-order valence-corrected chi connectivity index (χ1v) is 3.83. The summed E-state index contributed by atoms with van der Waals surface area (Å²) in [5.74, 6) is 1.18. The van der Waals surface area contributed by atoms with Crippen LogP contribution in [0.15, 0.2) is 0 Å². The summed E-state index contributed by atoms with van der Waals surface area (Å²) >= 11 is 1.88. The van der Waals surface area contributed by atoms with Gasteiger partial charge in [0.25, 0.3) is 0 Å². The fourth-order valence-corrected chi connectivity index (χ4v) is 1.59. The minimum Gasteiger partial charge on any atom is -0.369 e. The Balaban J connectivity index is 2.13. The summed E-state index contributed by atoms with van der Waals surface area (Å²) in [6, 6.07) is 0. The van der Waals surface area contributed by atoms with Gasteiger partial charge in [-0.3, -0.25) is 0 Å². The Kier molecular flexibility index (Phi) is 2.66. The third kappa shape index (κ3) is 1.65. The molecule has 1 aliphatic rings. The maximum absolute atomic E-state index is 5.09. The minimum atomic E-state index is 0.392. The van der Waals surface area contributed by atoms with Crippen LogP contribution in [0, 0.1) is 0 Å². The smallest absolute Gasteiger partial charge is 0.115 e. The van der Waals surface area contributed by atoms with Crippen LogP contribution in [0.4, 0.5) is 0 Å². The SMILES string of the molecule is COC1CNCCS1. The molecule has 1 rings (SSSR count). The highest BCUT2D eigenvalue weighted by Crippen LogP contribution is 2.12. The summed E-state index contributed by atoms with van der Waals surface area (Å²) < 4.78 is 5.09. The van der Waals surface area contributed by atoms with Gasteiger partial charge in [-0.15, -0.1) is 11.8 Å². The summed E-state index contributed by atoms with van der Waals surface area (Å²) in [6.45, 7) is 2.13. The van der Waals surface area contributed by atoms with Crippen LogP contribution in [0.2, 0.25) is 0 Å². The van der Waals surface area contributed by atoms with E-state index in [4.69, 9.17) is 4.74 Å². The summed E-state index contributed by atoms with van der Waals surface area (Å²) in [4.78, 5) is 0. The Morgan fingerprint density at radius 2 is 2.62 bits per heavy atom. The Bertz CT molecular complexity index is 63.4. The molecule has 1 saturated heterocycles. The molecular formula is C5H11NOS. The molecule has 0 bridgehead atoms. The van der Waals surface area contributed by atoms with E-state index in [0.29, 0.717) is 5.44 Å². The van der Waals surface area contributed by atoms with E-state index in [0.717, 1.165) is 13.1 Å². The third-order valence-corrected chi connectivity index (χ3v) is 2.33. The largest absolute Gasteiger partial charge is 0.369 e. The topological polar surface area (TPSA) is 21.3 Å². The lowest BCUT2D eigenvalue weighted by atomic mass is 10.6. The number of hydrogen-bond acceptors (Lipinski definition) is 3. The van der Waals surface area contributed by atoms with Gasteiger partial charge in [0, 0.05) is 26.0 Å². The van der Waals surface area contributed by atoms with Crippen molar-refractivity contribution in [2.45, 2.75) is 5.44 Å². The van der Waals surface area contributed by atoms with Crippen molar-refractivity contribution >= 4 is 11.8 Å². The van der Waals surface area contributed by atoms with Gasteiger partial charge in [0.1, 0.15) is 5.44 Å². The Labute approximate surface area is 54.0 Å². The normalized spacial score (nSPS) is 30.4. The lowest BCUT2D eigenvalue weighted by Crippen LogP contribution is -2.33. The van der Waals surface area contributed by atoms with Gasteiger partial charge in [-0.25, -0.2) is 0 Å². The maximum Gasteiger partial charge on any atom is 0.115 e. The van der Waals surface area contributed by atoms with E-state index in [1.165, 1.54) is 5.75 Å². The van der Waals surface area contributed by atoms with Gasteiger partial charge in [0.2, 0.25) is 0 Å². The average Bonchev–Trinajstić information content (AvgIpc) is 1.90. The fraction of sp³-hybridized carbons (Fsp3) is 1.00. The molecule has 1 unspecified atom stereocenters. The maximum atomic E-state index is 5.09. The van der Waals surface area contributed by atoms with E-state index in [2.05, 4.69) is 5.32 Å². The minimum absolute atomic E-state index is 0.392. The lowest BCUT2D eigenvalue weighted by Gasteiger charge is -2.20. The van der Waals surface area contributed by atoms with Crippen LogP contribution in [-0.2, 0) is 4.74 Å². The molecule has 1 heterocycles. The zero-order valence-electron chi connectivity index (χ0n) is 5.02. The number of rotatable bonds is 1. The number of methoxy groups -OCH3 is 1. The fourth-order valence-electron chi connectivity index (χ4n) is 0.693. The number of ether oxygens (including phenoxy) is 1. The van der Waals surface area contributed by atoms with Gasteiger partial charge in [-0.05, 0) is 0 Å². The molecule has 1 fully saturated rings. The van der Waals surface area contributed by atoms with Crippen molar-refractivity contribution in [3.63, 3.8) is 0 Å². The van der Waals surface area contributed by atoms with Crippen molar-refractivity contribution in [3.05, 3.63) is 0 Å². The van der Waals surface area contributed by atoms with E-state index in [1.807, 2.05) is 11.8 Å². The third-order valence-electron chi connectivity index (χ3n) is 1.16. The molecule has 0 amide bonds. The van der Waals surface area contributed by atoms with E-state index in [1.54, 1.807) is 7.11 Å². The molecule has 3 heteroatoms. The molecule has 8 heavy (non-hydrogen) atoms. The van der Waals surface area contributed by atoms with E-state index in [-0.39, 0.29) is 0 Å². The molecule has 1 atom stereocenters. The second-order valence-electron chi connectivity index (χ2n) is 1.74. The summed E-state index contributed by atoms with van der Waals surface area (Å²) in [7, 11) is 1.75. The summed E-state index contributed by atoms with van der Waals surface area (Å²) in [6.07, 6.45) is 0. The molecule has 0 saturated carbocycles. The van der Waals surface area contributed by atoms with Gasteiger partial charge in [-0.1, -0.05) is 0 Å². The van der Waals surface area contributed by atoms with Crippen LogP contribution < -0.4 is 5.32 Å². The van der Waals surface area contributed by atoms with Crippen LogP contribution in [0.5, 0.6) is 0 Å². The molecule has 0 aromatic carbocycles. The van der Waals surface area contributed by atoms with Crippen LogP contribution in [0.25, 0.3) is 0 Å². The lowest BCUT2D eigenvalue weighted by molar-refractivity contribution is 0.169. The van der Waals surface area contributed by atoms with E-state index < -0.39 is 0 Å². The Morgan fingerprint density at radius 1 is 1.75 bits per heavy atom. The molecule has 48 valence electrons. The first kappa shape index (κ1) is 6.39. The Morgan fingerprint density at radius 3 is 3.00 bits per heavy atom. The van der Waals surface area contributed by atoms with Crippen molar-refractivity contribution in [2.75, 3.05) is 26.0 Å². The molecule has 0 spiro atoms. The quantitative estimate of drug-likeness (QED) is 0.555. The highest BCUT2D eigenvalue weighted by atomic mass is 32.2. The van der Waals surface area contributed by atoms with E-state index >= 15 is 0 Å². The van der Waals surface area contributed by atoms with Crippen molar-refractivity contribution in [1.29, 1.82) is 0 Å². The highest BCUT2D eigenvalue weighted by Gasteiger charge is 2.10. The summed E-state index contributed by atoms with van der Waals surface area (Å²) in [5.41, 5.74) is 0.392.